The van der Waals surface area contributed by atoms with E-state index in [1.807, 2.05) is 26.0 Å². The van der Waals surface area contributed by atoms with Crippen LogP contribution in [0.5, 0.6) is 0 Å². The number of hydrogen-bond acceptors (Lipinski definition) is 24. The van der Waals surface area contributed by atoms with Gasteiger partial charge in [-0.05, 0) is 145 Å². The van der Waals surface area contributed by atoms with Crippen molar-refractivity contribution >= 4 is 18.1 Å². The molecule has 0 aromatic heterocycles. The highest BCUT2D eigenvalue weighted by Crippen LogP contribution is 2.37. The Balaban J connectivity index is 0.000000280. The lowest BCUT2D eigenvalue weighted by Crippen LogP contribution is -2.68. The fourth-order valence-electron chi connectivity index (χ4n) is 11.7. The van der Waals surface area contributed by atoms with E-state index in [1.165, 1.54) is 0 Å². The van der Waals surface area contributed by atoms with Crippen LogP contribution in [-0.4, -0.2) is 236 Å². The minimum Gasteiger partial charge on any atom is -0.466 e. The Morgan fingerprint density at radius 1 is 0.581 bits per heavy atom. The van der Waals surface area contributed by atoms with Crippen LogP contribution in [0.4, 0.5) is 9.59 Å². The van der Waals surface area contributed by atoms with Crippen LogP contribution in [0.1, 0.15) is 105 Å². The van der Waals surface area contributed by atoms with Crippen molar-refractivity contribution in [2.24, 2.45) is 17.6 Å². The maximum atomic E-state index is 13.3. The summed E-state index contributed by atoms with van der Waals surface area (Å²) < 4.78 is 59.6. The Hall–Kier alpha value is -4.37. The van der Waals surface area contributed by atoms with Crippen molar-refractivity contribution in [3.63, 3.8) is 0 Å². The van der Waals surface area contributed by atoms with Crippen LogP contribution >= 0.6 is 0 Å². The number of hydrogen-bond donors (Lipinski definition) is 14. The molecule has 4 fully saturated rings. The van der Waals surface area contributed by atoms with Gasteiger partial charge in [-0.2, -0.15) is 0 Å². The Bertz CT molecular complexity index is 2390. The van der Waals surface area contributed by atoms with Crippen LogP contribution in [0.25, 0.3) is 0 Å². The molecule has 27 heteroatoms. The summed E-state index contributed by atoms with van der Waals surface area (Å²) in [6.45, 7) is 18.2. The second-order valence-corrected chi connectivity index (χ2v) is 25.9. The largest absolute Gasteiger partial charge is 0.466 e. The van der Waals surface area contributed by atoms with E-state index < -0.39 is 145 Å². The van der Waals surface area contributed by atoms with Gasteiger partial charge >= 0.3 is 12.2 Å². The van der Waals surface area contributed by atoms with E-state index in [1.54, 1.807) is 114 Å². The molecule has 1 aromatic rings. The first kappa shape index (κ1) is 70.7. The molecule has 15 N–H and O–H groups in total. The zero-order valence-corrected chi connectivity index (χ0v) is 52.3. The van der Waals surface area contributed by atoms with Gasteiger partial charge in [-0.1, -0.05) is 32.0 Å². The molecule has 2 saturated carbocycles. The molecule has 2 saturated heterocycles. The van der Waals surface area contributed by atoms with Gasteiger partial charge in [0.15, 0.2) is 12.6 Å². The molecule has 490 valence electrons. The van der Waals surface area contributed by atoms with Crippen LogP contribution in [0.3, 0.4) is 0 Å². The molecule has 0 radical (unpaired) electrons. The van der Waals surface area contributed by atoms with Crippen LogP contribution in [0.2, 0.25) is 0 Å². The third-order valence-electron chi connectivity index (χ3n) is 15.9. The van der Waals surface area contributed by atoms with Gasteiger partial charge in [0.2, 0.25) is 12.6 Å². The van der Waals surface area contributed by atoms with Crippen molar-refractivity contribution in [2.75, 3.05) is 54.5 Å². The van der Waals surface area contributed by atoms with E-state index in [0.717, 1.165) is 0 Å². The number of aliphatic hydroxyl groups excluding tert-OH is 4. The number of rotatable bonds is 18. The number of carbonyl (C=O) groups excluding carboxylic acids is 3. The number of benzene rings is 1. The summed E-state index contributed by atoms with van der Waals surface area (Å²) in [4.78, 5) is 38.5. The maximum Gasteiger partial charge on any atom is 0.408 e. The molecule has 2 aliphatic carbocycles. The zero-order valence-electron chi connectivity index (χ0n) is 52.3. The van der Waals surface area contributed by atoms with Crippen molar-refractivity contribution in [1.29, 1.82) is 0 Å². The van der Waals surface area contributed by atoms with E-state index in [9.17, 15) is 45.0 Å². The van der Waals surface area contributed by atoms with E-state index in [-0.39, 0.29) is 31.0 Å². The van der Waals surface area contributed by atoms with Gasteiger partial charge in [-0.3, -0.25) is 4.79 Å². The lowest BCUT2D eigenvalue weighted by molar-refractivity contribution is -0.306. The molecule has 7 rings (SSSR count). The molecule has 27 nitrogen and oxygen atoms in total. The highest BCUT2D eigenvalue weighted by atomic mass is 16.7. The van der Waals surface area contributed by atoms with E-state index >= 15 is 0 Å². The molecular formula is C59H100N8O19. The number of alkyl carbamates (subject to hydrolysis) is 2. The van der Waals surface area contributed by atoms with E-state index in [4.69, 9.17) is 53.1 Å². The molecule has 0 unspecified atom stereocenters. The molecule has 4 heterocycles. The predicted octanol–water partition coefficient (Wildman–Crippen LogP) is 0.0393. The minimum atomic E-state index is -1.38. The van der Waals surface area contributed by atoms with Gasteiger partial charge in [0.05, 0.1) is 68.7 Å². The van der Waals surface area contributed by atoms with Crippen molar-refractivity contribution in [2.45, 2.75) is 228 Å². The van der Waals surface area contributed by atoms with Crippen LogP contribution in [-0.2, 0) is 47.4 Å². The highest BCUT2D eigenvalue weighted by Gasteiger charge is 2.54. The normalized spacial score (nSPS) is 38.5. The number of likely N-dealkylation sites (N-methyl/N-ethyl adjacent to an activating group) is 4. The fourth-order valence-corrected chi connectivity index (χ4v) is 11.7. The predicted molar refractivity (Wildman–Crippen MR) is 312 cm³/mol. The lowest BCUT2D eigenvalue weighted by atomic mass is 9.79. The van der Waals surface area contributed by atoms with E-state index in [2.05, 4.69) is 37.2 Å². The first-order valence-corrected chi connectivity index (χ1v) is 29.8. The summed E-state index contributed by atoms with van der Waals surface area (Å²) in [5, 5.41) is 87.1. The van der Waals surface area contributed by atoms with Crippen molar-refractivity contribution < 1.29 is 92.4 Å². The fraction of sp³-hybridized carbons (Fsp3) is 0.780. The molecule has 6 aliphatic rings. The third kappa shape index (κ3) is 18.8. The number of carbonyl (C=O) groups is 3. The molecule has 0 bridgehead atoms. The molecule has 86 heavy (non-hydrogen) atoms. The Morgan fingerprint density at radius 3 is 1.41 bits per heavy atom. The summed E-state index contributed by atoms with van der Waals surface area (Å²) in [7, 11) is 6.81. The van der Waals surface area contributed by atoms with Gasteiger partial charge in [0, 0.05) is 11.6 Å². The molecule has 1 aromatic carbocycles. The molecule has 4 aliphatic heterocycles. The summed E-state index contributed by atoms with van der Waals surface area (Å²) in [6.07, 6.45) is -8.89. The van der Waals surface area contributed by atoms with Gasteiger partial charge in [-0.15, -0.1) is 0 Å². The summed E-state index contributed by atoms with van der Waals surface area (Å²) >= 11 is 0. The first-order chi connectivity index (χ1) is 40.3. The second-order valence-electron chi connectivity index (χ2n) is 25.9. The summed E-state index contributed by atoms with van der Waals surface area (Å²) in [6, 6.07) is 4.69. The molecule has 0 spiro atoms. The Kier molecular flexibility index (Phi) is 25.0. The number of aliphatic hydroxyl groups is 6. The molecule has 22 atom stereocenters. The van der Waals surface area contributed by atoms with Gasteiger partial charge in [0.1, 0.15) is 70.5 Å². The summed E-state index contributed by atoms with van der Waals surface area (Å²) in [5.74, 6) is 0.405. The quantitative estimate of drug-likeness (QED) is 0.0923. The third-order valence-corrected chi connectivity index (χ3v) is 15.9. The Labute approximate surface area is 505 Å². The highest BCUT2D eigenvalue weighted by molar-refractivity contribution is 5.94. The zero-order chi connectivity index (χ0) is 63.6. The van der Waals surface area contributed by atoms with Crippen molar-refractivity contribution in [1.82, 2.24) is 37.2 Å². The first-order valence-electron chi connectivity index (χ1n) is 29.8. The maximum absolute atomic E-state index is 13.3. The molecule has 3 amide bonds. The van der Waals surface area contributed by atoms with Crippen molar-refractivity contribution in [3.8, 4) is 0 Å². The lowest BCUT2D eigenvalue weighted by Gasteiger charge is -2.49. The topological polar surface area (TPSA) is 375 Å². The summed E-state index contributed by atoms with van der Waals surface area (Å²) in [5.41, 5.74) is 2.73. The van der Waals surface area contributed by atoms with Crippen molar-refractivity contribution in [3.05, 3.63) is 59.6 Å². The standard InChI is InChI=1S/C33H52N4O10.C26H48N4O9/c1-18-15-22(36-28(40)19-11-9-8-10-12-19)26(46-30-24(39)27(35-7)33(5,42)17-43-30)23(38)25(18)45-29-21(14-13-20(44-29)16-34-6)37-31(41)47-32(2,3)4;1-13-10-15(27)20(38-23-18(32)21(29-7)26(5,34)12-35-23)17(31)19(13)37-22-16(9-8-14(36-22)11-28-6)30-24(33)39-25(2,3)4/h8-13,18,21-27,29-30,34-35,38-39,42H,14-17H2,1-7H3,(H,36,40)(H,37,41);8,13,15-23,28-29,31-32,34H,9-12,27H2,1-7H3,(H,30,33)/t18-,21+,22+,23-,24+,25+,26-,27+,29+,30+,33-;13-,15+,16+,17-,18+,19+,20-,21+,22+,23+,26-/m00/s1. The second kappa shape index (κ2) is 30.4. The smallest absolute Gasteiger partial charge is 0.408 e. The van der Waals surface area contributed by atoms with Crippen LogP contribution in [0, 0.1) is 11.8 Å². The number of ether oxygens (including phenoxy) is 10. The van der Waals surface area contributed by atoms with Crippen LogP contribution < -0.4 is 43.0 Å². The number of amides is 3. The van der Waals surface area contributed by atoms with Crippen LogP contribution in [0.15, 0.2) is 54.0 Å². The van der Waals surface area contributed by atoms with Gasteiger partial charge < -0.3 is 121 Å². The molecular weight excluding hydrogens is 1120 g/mol. The van der Waals surface area contributed by atoms with E-state index in [0.29, 0.717) is 55.9 Å². The minimum absolute atomic E-state index is 0.0802. The SMILES string of the molecule is CNCC1=CC[C@@H](NC(=O)OC(C)(C)C)[C@@H](O[C@H]2[C@H](O)[C@@H](O[C@H]3OC[C@](C)(O)[C@H](NC)[C@H]3O)[C@H](N)C[C@@H]2C)O1.CNCC1=CC[C@@H](NC(=O)OC(C)(C)C)[C@@H](O[C@H]2[C@H](O)[C@@H](O[C@H]3OC[C@](C)(O)[C@H](NC)[C@H]3O)[C@H](NC(=O)c3ccccc3)C[C@@H]2C)O1. The monoisotopic (exact) mass is 1220 g/mol. The Morgan fingerprint density at radius 2 is 0.988 bits per heavy atom. The van der Waals surface area contributed by atoms with Gasteiger partial charge in [-0.25, -0.2) is 9.59 Å². The average Bonchev–Trinajstić information content (AvgIpc) is 1.09. The number of nitrogens with one attached hydrogen (secondary N) is 7. The number of nitrogens with two attached hydrogens (primary N) is 1. The average molecular weight is 1230 g/mol. The van der Waals surface area contributed by atoms with Gasteiger partial charge in [0.25, 0.3) is 5.91 Å².